The van der Waals surface area contributed by atoms with Gasteiger partial charge in [0, 0.05) is 13.2 Å². The monoisotopic (exact) mass is 221 g/mol. The van der Waals surface area contributed by atoms with E-state index in [1.165, 1.54) is 4.68 Å². The molecule has 1 heterocycles. The van der Waals surface area contributed by atoms with Crippen molar-refractivity contribution in [1.29, 1.82) is 0 Å². The number of nitrogens with zero attached hydrogens (tertiary/aromatic N) is 2. The molecule has 0 saturated carbocycles. The second-order valence-electron chi connectivity index (χ2n) is 3.34. The van der Waals surface area contributed by atoms with Gasteiger partial charge in [-0.3, -0.25) is 4.68 Å². The summed E-state index contributed by atoms with van der Waals surface area (Å²) < 4.78 is 38.2. The third kappa shape index (κ3) is 3.91. The molecule has 0 aliphatic rings. The van der Waals surface area contributed by atoms with Crippen LogP contribution in [-0.4, -0.2) is 22.5 Å². The van der Waals surface area contributed by atoms with E-state index in [4.69, 9.17) is 0 Å². The minimum Gasteiger partial charge on any atom is -0.309 e. The Morgan fingerprint density at radius 3 is 2.60 bits per heavy atom. The summed E-state index contributed by atoms with van der Waals surface area (Å²) in [4.78, 5) is 0. The molecule has 6 heteroatoms. The van der Waals surface area contributed by atoms with Crippen molar-refractivity contribution >= 4 is 0 Å². The molecule has 0 radical (unpaired) electrons. The number of aromatic nitrogens is 2. The van der Waals surface area contributed by atoms with E-state index in [1.54, 1.807) is 26.2 Å². The summed E-state index contributed by atoms with van der Waals surface area (Å²) in [5, 5.41) is 6.74. The zero-order valence-electron chi connectivity index (χ0n) is 8.67. The minimum absolute atomic E-state index is 0.427. The van der Waals surface area contributed by atoms with Gasteiger partial charge >= 0.3 is 6.18 Å². The largest absolute Gasteiger partial charge is 0.390 e. The van der Waals surface area contributed by atoms with E-state index in [0.717, 1.165) is 0 Å². The van der Waals surface area contributed by atoms with Crippen LogP contribution in [0.2, 0.25) is 0 Å². The van der Waals surface area contributed by atoms with Crippen molar-refractivity contribution in [2.75, 3.05) is 6.54 Å². The number of rotatable bonds is 4. The fourth-order valence-electron chi connectivity index (χ4n) is 1.38. The van der Waals surface area contributed by atoms with Gasteiger partial charge in [0.2, 0.25) is 0 Å². The maximum Gasteiger partial charge on any atom is 0.390 e. The number of alkyl halides is 3. The van der Waals surface area contributed by atoms with Gasteiger partial charge in [0.25, 0.3) is 0 Å². The van der Waals surface area contributed by atoms with E-state index in [2.05, 4.69) is 10.4 Å². The van der Waals surface area contributed by atoms with Crippen LogP contribution in [0.15, 0.2) is 12.3 Å². The maximum atomic E-state index is 12.2. The van der Waals surface area contributed by atoms with Crippen LogP contribution < -0.4 is 5.32 Å². The highest BCUT2D eigenvalue weighted by Crippen LogP contribution is 2.28. The molecular formula is C9H14F3N3. The SMILES string of the molecule is CCNC(CC(F)(F)F)c1ccn(C)n1. The number of nitrogens with one attached hydrogen (secondary N) is 1. The van der Waals surface area contributed by atoms with Crippen molar-refractivity contribution in [2.45, 2.75) is 25.6 Å². The van der Waals surface area contributed by atoms with Crippen LogP contribution in [0.3, 0.4) is 0 Å². The van der Waals surface area contributed by atoms with Crippen molar-refractivity contribution in [1.82, 2.24) is 15.1 Å². The van der Waals surface area contributed by atoms with E-state index >= 15 is 0 Å². The van der Waals surface area contributed by atoms with E-state index in [-0.39, 0.29) is 0 Å². The third-order valence-corrected chi connectivity index (χ3v) is 1.98. The molecule has 1 aromatic heterocycles. The summed E-state index contributed by atoms with van der Waals surface area (Å²) in [5.41, 5.74) is 0.427. The number of aryl methyl sites for hydroxylation is 1. The van der Waals surface area contributed by atoms with Crippen LogP contribution in [0, 0.1) is 0 Å². The second-order valence-corrected chi connectivity index (χ2v) is 3.34. The lowest BCUT2D eigenvalue weighted by Crippen LogP contribution is -2.27. The molecule has 0 fully saturated rings. The Hall–Kier alpha value is -1.04. The first-order valence-electron chi connectivity index (χ1n) is 4.72. The summed E-state index contributed by atoms with van der Waals surface area (Å²) in [5.74, 6) is 0. The van der Waals surface area contributed by atoms with Crippen LogP contribution >= 0.6 is 0 Å². The normalized spacial score (nSPS) is 14.2. The van der Waals surface area contributed by atoms with Gasteiger partial charge in [-0.15, -0.1) is 0 Å². The Labute approximate surface area is 86.3 Å². The smallest absolute Gasteiger partial charge is 0.309 e. The first kappa shape index (κ1) is 12.0. The van der Waals surface area contributed by atoms with Crippen molar-refractivity contribution in [3.8, 4) is 0 Å². The van der Waals surface area contributed by atoms with Crippen LogP contribution in [0.4, 0.5) is 13.2 Å². The number of halogens is 3. The molecule has 0 aromatic carbocycles. The lowest BCUT2D eigenvalue weighted by atomic mass is 10.1. The molecule has 1 atom stereocenters. The number of hydrogen-bond acceptors (Lipinski definition) is 2. The van der Waals surface area contributed by atoms with Gasteiger partial charge < -0.3 is 5.32 Å². The van der Waals surface area contributed by atoms with Crippen LogP contribution in [0.5, 0.6) is 0 Å². The van der Waals surface area contributed by atoms with Gasteiger partial charge in [0.15, 0.2) is 0 Å². The van der Waals surface area contributed by atoms with E-state index < -0.39 is 18.6 Å². The van der Waals surface area contributed by atoms with Gasteiger partial charge in [-0.2, -0.15) is 18.3 Å². The van der Waals surface area contributed by atoms with Crippen LogP contribution in [0.25, 0.3) is 0 Å². The average Bonchev–Trinajstić information content (AvgIpc) is 2.48. The second kappa shape index (κ2) is 4.65. The highest BCUT2D eigenvalue weighted by molar-refractivity contribution is 5.05. The zero-order chi connectivity index (χ0) is 11.5. The maximum absolute atomic E-state index is 12.2. The molecule has 1 aromatic rings. The summed E-state index contributed by atoms with van der Waals surface area (Å²) in [7, 11) is 1.68. The fourth-order valence-corrected chi connectivity index (χ4v) is 1.38. The molecule has 3 nitrogen and oxygen atoms in total. The predicted molar refractivity (Wildman–Crippen MR) is 50.3 cm³/mol. The predicted octanol–water partition coefficient (Wildman–Crippen LogP) is 2.02. The summed E-state index contributed by atoms with van der Waals surface area (Å²) in [6, 6.07) is 0.843. The molecule has 86 valence electrons. The zero-order valence-corrected chi connectivity index (χ0v) is 8.67. The molecule has 0 amide bonds. The van der Waals surface area contributed by atoms with Crippen molar-refractivity contribution in [2.24, 2.45) is 7.05 Å². The van der Waals surface area contributed by atoms with Crippen molar-refractivity contribution in [3.05, 3.63) is 18.0 Å². The lowest BCUT2D eigenvalue weighted by Gasteiger charge is -2.17. The average molecular weight is 221 g/mol. The highest BCUT2D eigenvalue weighted by Gasteiger charge is 2.33. The van der Waals surface area contributed by atoms with Gasteiger partial charge in [0.05, 0.1) is 18.2 Å². The Bertz CT molecular complexity index is 306. The standard InChI is InChI=1S/C9H14F3N3/c1-3-13-8(6-9(10,11)12)7-4-5-15(2)14-7/h4-5,8,13H,3,6H2,1-2H3. The molecule has 0 aliphatic heterocycles. The van der Waals surface area contributed by atoms with E-state index in [9.17, 15) is 13.2 Å². The first-order chi connectivity index (χ1) is 6.92. The van der Waals surface area contributed by atoms with Crippen LogP contribution in [-0.2, 0) is 7.05 Å². The fraction of sp³-hybridized carbons (Fsp3) is 0.667. The third-order valence-electron chi connectivity index (χ3n) is 1.98. The lowest BCUT2D eigenvalue weighted by molar-refractivity contribution is -0.140. The van der Waals surface area contributed by atoms with E-state index in [1.807, 2.05) is 0 Å². The highest BCUT2D eigenvalue weighted by atomic mass is 19.4. The number of hydrogen-bond donors (Lipinski definition) is 1. The van der Waals surface area contributed by atoms with Gasteiger partial charge in [0.1, 0.15) is 0 Å². The Morgan fingerprint density at radius 2 is 2.20 bits per heavy atom. The Morgan fingerprint density at radius 1 is 1.53 bits per heavy atom. The molecule has 1 unspecified atom stereocenters. The molecule has 1 rings (SSSR count). The quantitative estimate of drug-likeness (QED) is 0.843. The van der Waals surface area contributed by atoms with Gasteiger partial charge in [-0.25, -0.2) is 0 Å². The Balaban J connectivity index is 2.74. The first-order valence-corrected chi connectivity index (χ1v) is 4.72. The molecule has 1 N–H and O–H groups in total. The minimum atomic E-state index is -4.18. The van der Waals surface area contributed by atoms with E-state index in [0.29, 0.717) is 12.2 Å². The molecular weight excluding hydrogens is 207 g/mol. The Kier molecular flexibility index (Phi) is 3.73. The molecule has 0 aliphatic carbocycles. The molecule has 0 saturated heterocycles. The molecule has 15 heavy (non-hydrogen) atoms. The topological polar surface area (TPSA) is 29.9 Å². The van der Waals surface area contributed by atoms with Crippen molar-refractivity contribution < 1.29 is 13.2 Å². The summed E-state index contributed by atoms with van der Waals surface area (Å²) in [6.07, 6.45) is -3.43. The summed E-state index contributed by atoms with van der Waals surface area (Å²) in [6.45, 7) is 2.25. The molecule has 0 spiro atoms. The summed E-state index contributed by atoms with van der Waals surface area (Å²) >= 11 is 0. The van der Waals surface area contributed by atoms with Gasteiger partial charge in [-0.1, -0.05) is 6.92 Å². The van der Waals surface area contributed by atoms with Crippen molar-refractivity contribution in [3.63, 3.8) is 0 Å². The van der Waals surface area contributed by atoms with Crippen LogP contribution in [0.1, 0.15) is 25.1 Å². The van der Waals surface area contributed by atoms with Gasteiger partial charge in [-0.05, 0) is 12.6 Å². The molecule has 0 bridgehead atoms.